The third-order valence-corrected chi connectivity index (χ3v) is 2.48. The predicted octanol–water partition coefficient (Wildman–Crippen LogP) is 0.0915. The van der Waals surface area contributed by atoms with Crippen LogP contribution in [0.4, 0.5) is 0 Å². The SMILES string of the molecule is CC(C)N(CC(N)=O)CC(=O)NCc1ccco1. The Morgan fingerprint density at radius 3 is 2.67 bits per heavy atom. The fourth-order valence-corrected chi connectivity index (χ4v) is 1.46. The number of furan rings is 1. The summed E-state index contributed by atoms with van der Waals surface area (Å²) in [5, 5.41) is 2.72. The third kappa shape index (κ3) is 5.01. The summed E-state index contributed by atoms with van der Waals surface area (Å²) in [6, 6.07) is 3.62. The lowest BCUT2D eigenvalue weighted by atomic mass is 10.3. The second-order valence-corrected chi connectivity index (χ2v) is 4.32. The first-order chi connectivity index (χ1) is 8.49. The molecule has 0 bridgehead atoms. The van der Waals surface area contributed by atoms with Gasteiger partial charge in [0.05, 0.1) is 25.9 Å². The summed E-state index contributed by atoms with van der Waals surface area (Å²) in [4.78, 5) is 24.3. The van der Waals surface area contributed by atoms with Crippen LogP contribution in [0.25, 0.3) is 0 Å². The van der Waals surface area contributed by atoms with Gasteiger partial charge in [-0.15, -0.1) is 0 Å². The molecule has 0 aliphatic carbocycles. The molecular weight excluding hydrogens is 234 g/mol. The van der Waals surface area contributed by atoms with Gasteiger partial charge in [0.2, 0.25) is 11.8 Å². The van der Waals surface area contributed by atoms with Crippen LogP contribution in [0.2, 0.25) is 0 Å². The monoisotopic (exact) mass is 253 g/mol. The second kappa shape index (κ2) is 6.80. The van der Waals surface area contributed by atoms with Gasteiger partial charge in [-0.1, -0.05) is 0 Å². The normalized spacial score (nSPS) is 10.9. The summed E-state index contributed by atoms with van der Waals surface area (Å²) in [7, 11) is 0. The van der Waals surface area contributed by atoms with Gasteiger partial charge in [-0.05, 0) is 26.0 Å². The first-order valence-electron chi connectivity index (χ1n) is 5.80. The van der Waals surface area contributed by atoms with E-state index in [2.05, 4.69) is 5.32 Å². The van der Waals surface area contributed by atoms with E-state index < -0.39 is 5.91 Å². The standard InChI is InChI=1S/C12H19N3O3/c1-9(2)15(7-11(13)16)8-12(17)14-6-10-4-3-5-18-10/h3-5,9H,6-8H2,1-2H3,(H2,13,16)(H,14,17). The summed E-state index contributed by atoms with van der Waals surface area (Å²) < 4.78 is 5.10. The van der Waals surface area contributed by atoms with Crippen molar-refractivity contribution in [1.29, 1.82) is 0 Å². The first-order valence-corrected chi connectivity index (χ1v) is 5.80. The van der Waals surface area contributed by atoms with Crippen molar-refractivity contribution in [1.82, 2.24) is 10.2 Å². The fraction of sp³-hybridized carbons (Fsp3) is 0.500. The Bertz CT molecular complexity index is 387. The number of hydrogen-bond donors (Lipinski definition) is 2. The first kappa shape index (κ1) is 14.2. The molecule has 1 aromatic rings. The van der Waals surface area contributed by atoms with Crippen LogP contribution in [0.15, 0.2) is 22.8 Å². The van der Waals surface area contributed by atoms with Crippen LogP contribution >= 0.6 is 0 Å². The van der Waals surface area contributed by atoms with E-state index in [1.165, 1.54) is 0 Å². The average Bonchev–Trinajstić information content (AvgIpc) is 2.77. The van der Waals surface area contributed by atoms with E-state index >= 15 is 0 Å². The summed E-state index contributed by atoms with van der Waals surface area (Å²) >= 11 is 0. The van der Waals surface area contributed by atoms with Gasteiger partial charge < -0.3 is 15.5 Å². The molecule has 0 saturated heterocycles. The Balaban J connectivity index is 2.38. The largest absolute Gasteiger partial charge is 0.467 e. The topological polar surface area (TPSA) is 88.6 Å². The molecule has 6 nitrogen and oxygen atoms in total. The number of carbonyl (C=O) groups is 2. The predicted molar refractivity (Wildman–Crippen MR) is 66.5 cm³/mol. The number of nitrogens with one attached hydrogen (secondary N) is 1. The highest BCUT2D eigenvalue weighted by atomic mass is 16.3. The molecule has 2 amide bonds. The zero-order valence-electron chi connectivity index (χ0n) is 10.7. The number of nitrogens with two attached hydrogens (primary N) is 1. The van der Waals surface area contributed by atoms with Crippen molar-refractivity contribution < 1.29 is 14.0 Å². The molecule has 3 N–H and O–H groups in total. The molecule has 100 valence electrons. The Hall–Kier alpha value is -1.82. The van der Waals surface area contributed by atoms with Crippen LogP contribution in [0.1, 0.15) is 19.6 Å². The molecule has 0 saturated carbocycles. The van der Waals surface area contributed by atoms with Gasteiger partial charge in [-0.3, -0.25) is 14.5 Å². The summed E-state index contributed by atoms with van der Waals surface area (Å²) in [6.45, 7) is 4.37. The van der Waals surface area contributed by atoms with Gasteiger partial charge in [0.15, 0.2) is 0 Å². The molecule has 0 spiro atoms. The molecule has 1 rings (SSSR count). The maximum absolute atomic E-state index is 11.7. The van der Waals surface area contributed by atoms with Gasteiger partial charge >= 0.3 is 0 Å². The maximum Gasteiger partial charge on any atom is 0.234 e. The van der Waals surface area contributed by atoms with Crippen molar-refractivity contribution in [2.24, 2.45) is 5.73 Å². The van der Waals surface area contributed by atoms with E-state index in [9.17, 15) is 9.59 Å². The van der Waals surface area contributed by atoms with Crippen LogP contribution < -0.4 is 11.1 Å². The van der Waals surface area contributed by atoms with Crippen molar-refractivity contribution in [2.45, 2.75) is 26.4 Å². The van der Waals surface area contributed by atoms with Gasteiger partial charge in [0, 0.05) is 6.04 Å². The molecule has 0 aromatic carbocycles. The van der Waals surface area contributed by atoms with Crippen LogP contribution in [0, 0.1) is 0 Å². The summed E-state index contributed by atoms with van der Waals surface area (Å²) in [6.07, 6.45) is 1.55. The van der Waals surface area contributed by atoms with E-state index in [-0.39, 0.29) is 25.0 Å². The van der Waals surface area contributed by atoms with Crippen molar-refractivity contribution in [3.63, 3.8) is 0 Å². The van der Waals surface area contributed by atoms with E-state index in [1.807, 2.05) is 13.8 Å². The number of hydrogen-bond acceptors (Lipinski definition) is 4. The van der Waals surface area contributed by atoms with Gasteiger partial charge in [-0.25, -0.2) is 0 Å². The van der Waals surface area contributed by atoms with Crippen molar-refractivity contribution >= 4 is 11.8 Å². The highest BCUT2D eigenvalue weighted by Gasteiger charge is 2.15. The minimum absolute atomic E-state index is 0.0752. The number of nitrogens with zero attached hydrogens (tertiary/aromatic N) is 1. The zero-order chi connectivity index (χ0) is 13.5. The number of carbonyl (C=O) groups excluding carboxylic acids is 2. The van der Waals surface area contributed by atoms with Gasteiger partial charge in [-0.2, -0.15) is 0 Å². The molecule has 0 atom stereocenters. The average molecular weight is 253 g/mol. The molecule has 0 aliphatic heterocycles. The highest BCUT2D eigenvalue weighted by molar-refractivity contribution is 5.80. The van der Waals surface area contributed by atoms with E-state index in [0.717, 1.165) is 0 Å². The van der Waals surface area contributed by atoms with Crippen LogP contribution in [0.3, 0.4) is 0 Å². The van der Waals surface area contributed by atoms with E-state index in [0.29, 0.717) is 12.3 Å². The summed E-state index contributed by atoms with van der Waals surface area (Å²) in [5.41, 5.74) is 5.13. The fourth-order valence-electron chi connectivity index (χ4n) is 1.46. The maximum atomic E-state index is 11.7. The minimum atomic E-state index is -0.442. The number of primary amides is 1. The lowest BCUT2D eigenvalue weighted by Crippen LogP contribution is -2.44. The lowest BCUT2D eigenvalue weighted by molar-refractivity contribution is -0.124. The van der Waals surface area contributed by atoms with Crippen LogP contribution in [-0.2, 0) is 16.1 Å². The van der Waals surface area contributed by atoms with Crippen molar-refractivity contribution in [3.8, 4) is 0 Å². The quantitative estimate of drug-likeness (QED) is 0.721. The smallest absolute Gasteiger partial charge is 0.234 e. The second-order valence-electron chi connectivity index (χ2n) is 4.32. The number of amides is 2. The summed E-state index contributed by atoms with van der Waals surface area (Å²) in [5.74, 6) is 0.0817. The van der Waals surface area contributed by atoms with E-state index in [4.69, 9.17) is 10.2 Å². The highest BCUT2D eigenvalue weighted by Crippen LogP contribution is 2.00. The Morgan fingerprint density at radius 2 is 2.17 bits per heavy atom. The Morgan fingerprint density at radius 1 is 1.44 bits per heavy atom. The van der Waals surface area contributed by atoms with Crippen molar-refractivity contribution in [3.05, 3.63) is 24.2 Å². The van der Waals surface area contributed by atoms with Gasteiger partial charge in [0.1, 0.15) is 5.76 Å². The molecule has 18 heavy (non-hydrogen) atoms. The van der Waals surface area contributed by atoms with Crippen molar-refractivity contribution in [2.75, 3.05) is 13.1 Å². The molecule has 0 aliphatic rings. The molecular formula is C12H19N3O3. The Labute approximate surface area is 106 Å². The molecule has 0 unspecified atom stereocenters. The molecule has 1 aromatic heterocycles. The third-order valence-electron chi connectivity index (χ3n) is 2.48. The van der Waals surface area contributed by atoms with Crippen LogP contribution in [0.5, 0.6) is 0 Å². The zero-order valence-corrected chi connectivity index (χ0v) is 10.7. The van der Waals surface area contributed by atoms with Gasteiger partial charge in [0.25, 0.3) is 0 Å². The molecule has 0 radical (unpaired) electrons. The molecule has 0 fully saturated rings. The van der Waals surface area contributed by atoms with E-state index in [1.54, 1.807) is 23.3 Å². The molecule has 1 heterocycles. The minimum Gasteiger partial charge on any atom is -0.467 e. The molecule has 6 heteroatoms. The van der Waals surface area contributed by atoms with Crippen LogP contribution in [-0.4, -0.2) is 35.8 Å². The number of rotatable bonds is 7. The lowest BCUT2D eigenvalue weighted by Gasteiger charge is -2.23. The Kier molecular flexibility index (Phi) is 5.38.